The van der Waals surface area contributed by atoms with Crippen LogP contribution in [0.1, 0.15) is 17.3 Å². The molecule has 0 fully saturated rings. The molecule has 0 aliphatic carbocycles. The molecule has 4 nitrogen and oxygen atoms in total. The monoisotopic (exact) mass is 485 g/mol. The number of hydrogen-bond acceptors (Lipinski definition) is 4. The van der Waals surface area contributed by atoms with Crippen molar-refractivity contribution in [2.24, 2.45) is 9.98 Å². The number of furan rings is 1. The molecule has 7 rings (SSSR count). The van der Waals surface area contributed by atoms with E-state index in [-0.39, 0.29) is 11.5 Å². The Kier molecular flexibility index (Phi) is 4.86. The van der Waals surface area contributed by atoms with Crippen LogP contribution in [-0.2, 0) is 0 Å². The Labute approximate surface area is 212 Å². The Hall–Kier alpha value is -4.41. The van der Waals surface area contributed by atoms with Crippen molar-refractivity contribution in [3.05, 3.63) is 120 Å². The first-order chi connectivity index (χ1) is 17.7. The van der Waals surface area contributed by atoms with Crippen LogP contribution in [0.2, 0.25) is 0 Å². The first kappa shape index (κ1) is 20.9. The average molecular weight is 486 g/mol. The summed E-state index contributed by atoms with van der Waals surface area (Å²) in [7, 11) is 0. The van der Waals surface area contributed by atoms with Crippen LogP contribution in [0.5, 0.6) is 0 Å². The number of halogens is 1. The van der Waals surface area contributed by atoms with E-state index in [0.29, 0.717) is 5.84 Å². The summed E-state index contributed by atoms with van der Waals surface area (Å²) in [4.78, 5) is 9.14. The quantitative estimate of drug-likeness (QED) is 0.258. The van der Waals surface area contributed by atoms with Crippen LogP contribution in [0.25, 0.3) is 43.8 Å². The number of para-hydroxylation sites is 1. The highest BCUT2D eigenvalue weighted by Gasteiger charge is 2.22. The molecule has 36 heavy (non-hydrogen) atoms. The molecular weight excluding hydrogens is 466 g/mol. The fourth-order valence-electron chi connectivity index (χ4n) is 4.93. The summed E-state index contributed by atoms with van der Waals surface area (Å²) in [6.07, 6.45) is -0.350. The molecule has 1 unspecified atom stereocenters. The molecule has 1 atom stereocenters. The summed E-state index contributed by atoms with van der Waals surface area (Å²) < 4.78 is 6.07. The second-order valence-electron chi connectivity index (χ2n) is 8.87. The smallest absolute Gasteiger partial charge is 0.222 e. The van der Waals surface area contributed by atoms with Crippen LogP contribution in [0.15, 0.2) is 124 Å². The fraction of sp³-hybridized carbons (Fsp3) is 0.0323. The second-order valence-corrected chi connectivity index (χ2v) is 9.21. The van der Waals surface area contributed by atoms with Gasteiger partial charge in [-0.25, -0.2) is 9.98 Å². The molecule has 2 heterocycles. The van der Waals surface area contributed by atoms with Gasteiger partial charge in [-0.05, 0) is 63.3 Å². The standard InChI is InChI=1S/C31H20ClN3O/c32-31-34-29(23-16-15-21-17-20(13-14-22(21)18-23)19-7-2-1-3-8-19)33-30(35-31)25-10-6-12-27-28(25)24-9-4-5-11-26(24)36-27/h1-18,29H,(H,33,34,35). The highest BCUT2D eigenvalue weighted by Crippen LogP contribution is 2.33. The molecule has 1 aromatic heterocycles. The van der Waals surface area contributed by atoms with Crippen LogP contribution < -0.4 is 5.32 Å². The highest BCUT2D eigenvalue weighted by molar-refractivity contribution is 6.66. The lowest BCUT2D eigenvalue weighted by Crippen LogP contribution is -2.32. The topological polar surface area (TPSA) is 49.9 Å². The highest BCUT2D eigenvalue weighted by atomic mass is 35.5. The molecule has 0 spiro atoms. The minimum Gasteiger partial charge on any atom is -0.456 e. The number of amidine groups is 2. The predicted octanol–water partition coefficient (Wildman–Crippen LogP) is 8.05. The maximum absolute atomic E-state index is 6.46. The molecule has 5 aromatic carbocycles. The van der Waals surface area contributed by atoms with Gasteiger partial charge in [-0.15, -0.1) is 0 Å². The van der Waals surface area contributed by atoms with Crippen molar-refractivity contribution in [3.8, 4) is 11.1 Å². The van der Waals surface area contributed by atoms with E-state index >= 15 is 0 Å². The van der Waals surface area contributed by atoms with E-state index in [0.717, 1.165) is 38.5 Å². The van der Waals surface area contributed by atoms with Gasteiger partial charge in [0.15, 0.2) is 0 Å². The lowest BCUT2D eigenvalue weighted by molar-refractivity contribution is 0.668. The fourth-order valence-corrected chi connectivity index (χ4v) is 5.12. The molecule has 0 amide bonds. The minimum absolute atomic E-state index is 0.220. The van der Waals surface area contributed by atoms with Gasteiger partial charge in [0.2, 0.25) is 5.29 Å². The molecule has 1 aliphatic rings. The predicted molar refractivity (Wildman–Crippen MR) is 149 cm³/mol. The van der Waals surface area contributed by atoms with E-state index in [1.165, 1.54) is 16.5 Å². The third kappa shape index (κ3) is 3.55. The molecular formula is C31H20ClN3O. The molecule has 1 aliphatic heterocycles. The molecule has 0 bridgehead atoms. The molecule has 0 saturated heterocycles. The van der Waals surface area contributed by atoms with Crippen LogP contribution in [0.4, 0.5) is 0 Å². The number of rotatable bonds is 3. The Bertz CT molecular complexity index is 1840. The summed E-state index contributed by atoms with van der Waals surface area (Å²) >= 11 is 6.46. The van der Waals surface area contributed by atoms with E-state index in [1.54, 1.807) is 0 Å². The van der Waals surface area contributed by atoms with E-state index in [9.17, 15) is 0 Å². The van der Waals surface area contributed by atoms with Gasteiger partial charge in [0.1, 0.15) is 23.2 Å². The van der Waals surface area contributed by atoms with Gasteiger partial charge in [-0.3, -0.25) is 0 Å². The van der Waals surface area contributed by atoms with Crippen molar-refractivity contribution >= 4 is 55.4 Å². The summed E-state index contributed by atoms with van der Waals surface area (Å²) in [5, 5.41) is 8.10. The van der Waals surface area contributed by atoms with E-state index in [2.05, 4.69) is 82.0 Å². The number of nitrogens with one attached hydrogen (secondary N) is 1. The maximum atomic E-state index is 6.46. The van der Waals surface area contributed by atoms with Gasteiger partial charge in [0.25, 0.3) is 0 Å². The third-order valence-corrected chi connectivity index (χ3v) is 6.84. The summed E-state index contributed by atoms with van der Waals surface area (Å²) in [6, 6.07) is 37.3. The zero-order valence-corrected chi connectivity index (χ0v) is 19.9. The van der Waals surface area contributed by atoms with Crippen molar-refractivity contribution in [3.63, 3.8) is 0 Å². The number of nitrogens with zero attached hydrogens (tertiary/aromatic N) is 2. The largest absolute Gasteiger partial charge is 0.456 e. The van der Waals surface area contributed by atoms with Gasteiger partial charge in [-0.1, -0.05) is 84.9 Å². The van der Waals surface area contributed by atoms with E-state index in [4.69, 9.17) is 16.0 Å². The van der Waals surface area contributed by atoms with Crippen molar-refractivity contribution in [2.75, 3.05) is 0 Å². The number of benzene rings is 5. The number of aliphatic imine (C=N–C) groups is 2. The summed E-state index contributed by atoms with van der Waals surface area (Å²) in [5.74, 6) is 0.677. The third-order valence-electron chi connectivity index (χ3n) is 6.66. The molecule has 6 aromatic rings. The first-order valence-electron chi connectivity index (χ1n) is 11.8. The van der Waals surface area contributed by atoms with Gasteiger partial charge >= 0.3 is 0 Å². The zero-order chi connectivity index (χ0) is 24.1. The zero-order valence-electron chi connectivity index (χ0n) is 19.2. The van der Waals surface area contributed by atoms with Crippen molar-refractivity contribution in [2.45, 2.75) is 6.17 Å². The van der Waals surface area contributed by atoms with Crippen molar-refractivity contribution in [1.29, 1.82) is 0 Å². The van der Waals surface area contributed by atoms with Crippen LogP contribution in [0.3, 0.4) is 0 Å². The second kappa shape index (κ2) is 8.36. The molecule has 0 radical (unpaired) electrons. The van der Waals surface area contributed by atoms with Gasteiger partial charge in [-0.2, -0.15) is 0 Å². The number of fused-ring (bicyclic) bond motifs is 4. The van der Waals surface area contributed by atoms with Crippen LogP contribution >= 0.6 is 11.6 Å². The maximum Gasteiger partial charge on any atom is 0.222 e. The normalized spacial score (nSPS) is 15.6. The number of hydrogen-bond donors (Lipinski definition) is 1. The van der Waals surface area contributed by atoms with E-state index < -0.39 is 0 Å². The Morgan fingerprint density at radius 2 is 1.47 bits per heavy atom. The van der Waals surface area contributed by atoms with E-state index in [1.807, 2.05) is 42.5 Å². The van der Waals surface area contributed by atoms with Crippen molar-refractivity contribution in [1.82, 2.24) is 5.32 Å². The summed E-state index contributed by atoms with van der Waals surface area (Å²) in [6.45, 7) is 0. The van der Waals surface area contributed by atoms with Crippen LogP contribution in [-0.4, -0.2) is 11.1 Å². The average Bonchev–Trinajstić information content (AvgIpc) is 3.31. The van der Waals surface area contributed by atoms with Crippen LogP contribution in [0, 0.1) is 0 Å². The van der Waals surface area contributed by atoms with Gasteiger partial charge < -0.3 is 9.73 Å². The SMILES string of the molecule is ClC1=NC(c2ccc3cc(-c4ccccc4)ccc3c2)NC(c2cccc3oc4ccccc4c23)=N1. The van der Waals surface area contributed by atoms with Gasteiger partial charge in [0, 0.05) is 16.3 Å². The van der Waals surface area contributed by atoms with Gasteiger partial charge in [0.05, 0.1) is 0 Å². The molecule has 1 N–H and O–H groups in total. The Balaban J connectivity index is 1.26. The Morgan fingerprint density at radius 3 is 2.39 bits per heavy atom. The molecule has 172 valence electrons. The molecule has 5 heteroatoms. The lowest BCUT2D eigenvalue weighted by atomic mass is 9.99. The minimum atomic E-state index is -0.350. The lowest BCUT2D eigenvalue weighted by Gasteiger charge is -2.22. The molecule has 0 saturated carbocycles. The first-order valence-corrected chi connectivity index (χ1v) is 12.2. The summed E-state index contributed by atoms with van der Waals surface area (Å²) in [5.41, 5.74) is 6.01. The Morgan fingerprint density at radius 1 is 0.694 bits per heavy atom. The van der Waals surface area contributed by atoms with Crippen molar-refractivity contribution < 1.29 is 4.42 Å².